The number of hydrogen-bond donors (Lipinski definition) is 1. The summed E-state index contributed by atoms with van der Waals surface area (Å²) in [6.07, 6.45) is 5.62. The standard InChI is InChI=1S/C11H15N5O/c1-3-9-13-6-10(15(9)4-2)16-7-8(5-14-16)11(12)17/h4-5,7,10H,2-3,6H2,1H3,(H2,12,17). The minimum Gasteiger partial charge on any atom is -0.366 e. The maximum atomic E-state index is 11.0. The van der Waals surface area contributed by atoms with Crippen LogP contribution in [0.2, 0.25) is 0 Å². The lowest BCUT2D eigenvalue weighted by atomic mass is 10.3. The van der Waals surface area contributed by atoms with Crippen LogP contribution in [0.1, 0.15) is 29.9 Å². The summed E-state index contributed by atoms with van der Waals surface area (Å²) in [5.41, 5.74) is 5.59. The van der Waals surface area contributed by atoms with E-state index in [2.05, 4.69) is 16.7 Å². The van der Waals surface area contributed by atoms with Gasteiger partial charge in [-0.1, -0.05) is 13.5 Å². The van der Waals surface area contributed by atoms with Crippen LogP contribution in [0.3, 0.4) is 0 Å². The van der Waals surface area contributed by atoms with Crippen molar-refractivity contribution >= 4 is 11.7 Å². The Bertz CT molecular complexity index is 476. The molecule has 0 radical (unpaired) electrons. The minimum absolute atomic E-state index is 0.0458. The van der Waals surface area contributed by atoms with E-state index in [0.717, 1.165) is 12.3 Å². The summed E-state index contributed by atoms with van der Waals surface area (Å²) in [5, 5.41) is 4.14. The molecule has 0 aromatic carbocycles. The average Bonchev–Trinajstić information content (AvgIpc) is 2.94. The molecule has 2 N–H and O–H groups in total. The Morgan fingerprint density at radius 1 is 1.76 bits per heavy atom. The number of primary amides is 1. The van der Waals surface area contributed by atoms with Crippen molar-refractivity contribution in [3.63, 3.8) is 0 Å². The number of nitrogens with two attached hydrogens (primary N) is 1. The predicted octanol–water partition coefficient (Wildman–Crippen LogP) is 0.748. The molecule has 1 aromatic heterocycles. The zero-order chi connectivity index (χ0) is 12.4. The van der Waals surface area contributed by atoms with Gasteiger partial charge in [0.05, 0.1) is 18.3 Å². The number of amides is 1. The van der Waals surface area contributed by atoms with Crippen LogP contribution in [0.25, 0.3) is 0 Å². The van der Waals surface area contributed by atoms with Crippen LogP contribution in [-0.2, 0) is 0 Å². The molecule has 0 saturated heterocycles. The molecule has 0 saturated carbocycles. The van der Waals surface area contributed by atoms with Crippen molar-refractivity contribution in [1.82, 2.24) is 14.7 Å². The van der Waals surface area contributed by atoms with E-state index < -0.39 is 5.91 Å². The van der Waals surface area contributed by atoms with E-state index in [-0.39, 0.29) is 6.17 Å². The minimum atomic E-state index is -0.476. The molecule has 0 aliphatic carbocycles. The Hall–Kier alpha value is -2.11. The fourth-order valence-corrected chi connectivity index (χ4v) is 1.89. The summed E-state index contributed by atoms with van der Waals surface area (Å²) in [4.78, 5) is 17.4. The van der Waals surface area contributed by atoms with Gasteiger partial charge in [-0.2, -0.15) is 5.10 Å². The van der Waals surface area contributed by atoms with Crippen LogP contribution < -0.4 is 5.73 Å². The van der Waals surface area contributed by atoms with Gasteiger partial charge in [-0.15, -0.1) is 0 Å². The van der Waals surface area contributed by atoms with Gasteiger partial charge >= 0.3 is 0 Å². The first-order valence-corrected chi connectivity index (χ1v) is 5.45. The second-order valence-corrected chi connectivity index (χ2v) is 3.75. The van der Waals surface area contributed by atoms with Crippen molar-refractivity contribution in [2.75, 3.05) is 6.54 Å². The molecule has 2 heterocycles. The highest BCUT2D eigenvalue weighted by atomic mass is 16.1. The Labute approximate surface area is 99.4 Å². The quantitative estimate of drug-likeness (QED) is 0.833. The maximum Gasteiger partial charge on any atom is 0.251 e. The summed E-state index contributed by atoms with van der Waals surface area (Å²) in [6.45, 7) is 6.41. The molecule has 1 aromatic rings. The summed E-state index contributed by atoms with van der Waals surface area (Å²) in [7, 11) is 0. The Balaban J connectivity index is 2.23. The molecule has 0 fully saturated rings. The average molecular weight is 233 g/mol. The molecule has 0 spiro atoms. The Morgan fingerprint density at radius 2 is 2.53 bits per heavy atom. The van der Waals surface area contributed by atoms with Gasteiger partial charge in [0.2, 0.25) is 0 Å². The highest BCUT2D eigenvalue weighted by molar-refractivity contribution is 5.92. The molecule has 1 aliphatic rings. The first kappa shape index (κ1) is 11.4. The molecule has 1 aliphatic heterocycles. The van der Waals surface area contributed by atoms with E-state index in [4.69, 9.17) is 5.73 Å². The number of carbonyl (C=O) groups is 1. The number of hydrogen-bond acceptors (Lipinski definition) is 4. The number of nitrogens with zero attached hydrogens (tertiary/aromatic N) is 4. The molecule has 90 valence electrons. The molecule has 6 heteroatoms. The Morgan fingerprint density at radius 3 is 3.06 bits per heavy atom. The van der Waals surface area contributed by atoms with Crippen LogP contribution in [-0.4, -0.2) is 33.0 Å². The lowest BCUT2D eigenvalue weighted by Gasteiger charge is -2.23. The molecule has 17 heavy (non-hydrogen) atoms. The zero-order valence-corrected chi connectivity index (χ0v) is 9.71. The number of rotatable bonds is 4. The normalized spacial score (nSPS) is 19.2. The van der Waals surface area contributed by atoms with Gasteiger partial charge in [0.25, 0.3) is 5.91 Å². The van der Waals surface area contributed by atoms with E-state index in [1.807, 2.05) is 11.8 Å². The van der Waals surface area contributed by atoms with E-state index in [9.17, 15) is 4.79 Å². The lowest BCUT2D eigenvalue weighted by Crippen LogP contribution is -2.29. The van der Waals surface area contributed by atoms with Crippen LogP contribution in [0, 0.1) is 0 Å². The third-order valence-corrected chi connectivity index (χ3v) is 2.76. The molecular formula is C11H15N5O. The van der Waals surface area contributed by atoms with E-state index in [1.54, 1.807) is 17.1 Å². The van der Waals surface area contributed by atoms with Crippen LogP contribution in [0.5, 0.6) is 0 Å². The van der Waals surface area contributed by atoms with Crippen molar-refractivity contribution in [2.45, 2.75) is 19.5 Å². The number of aromatic nitrogens is 2. The van der Waals surface area contributed by atoms with Crippen LogP contribution in [0.4, 0.5) is 0 Å². The van der Waals surface area contributed by atoms with Crippen molar-refractivity contribution in [1.29, 1.82) is 0 Å². The molecule has 1 amide bonds. The zero-order valence-electron chi connectivity index (χ0n) is 9.71. The van der Waals surface area contributed by atoms with Crippen LogP contribution in [0.15, 0.2) is 30.2 Å². The monoisotopic (exact) mass is 233 g/mol. The molecule has 1 unspecified atom stereocenters. The van der Waals surface area contributed by atoms with Gasteiger partial charge in [-0.25, -0.2) is 4.68 Å². The second kappa shape index (κ2) is 4.40. The van der Waals surface area contributed by atoms with Crippen molar-refractivity contribution in [3.05, 3.63) is 30.7 Å². The lowest BCUT2D eigenvalue weighted by molar-refractivity contribution is 0.1000. The van der Waals surface area contributed by atoms with Gasteiger partial charge in [0, 0.05) is 18.8 Å². The predicted molar refractivity (Wildman–Crippen MR) is 64.4 cm³/mol. The first-order valence-electron chi connectivity index (χ1n) is 5.45. The largest absolute Gasteiger partial charge is 0.366 e. The summed E-state index contributed by atoms with van der Waals surface area (Å²) >= 11 is 0. The summed E-state index contributed by atoms with van der Waals surface area (Å²) in [6, 6.07) is 0. The van der Waals surface area contributed by atoms with Crippen molar-refractivity contribution < 1.29 is 4.79 Å². The SMILES string of the molecule is C=CN1C(CC)=NCC1n1cc(C(N)=O)cn1. The molecule has 1 atom stereocenters. The first-order chi connectivity index (χ1) is 8.17. The summed E-state index contributed by atoms with van der Waals surface area (Å²) in [5.74, 6) is 0.497. The van der Waals surface area contributed by atoms with Gasteiger partial charge in [0.15, 0.2) is 0 Å². The number of aliphatic imine (C=N–C) groups is 1. The van der Waals surface area contributed by atoms with Crippen molar-refractivity contribution in [2.24, 2.45) is 10.7 Å². The topological polar surface area (TPSA) is 76.5 Å². The number of amidine groups is 1. The second-order valence-electron chi connectivity index (χ2n) is 3.75. The fraction of sp³-hybridized carbons (Fsp3) is 0.364. The third-order valence-electron chi connectivity index (χ3n) is 2.76. The fourth-order valence-electron chi connectivity index (χ4n) is 1.89. The van der Waals surface area contributed by atoms with E-state index in [0.29, 0.717) is 12.1 Å². The van der Waals surface area contributed by atoms with E-state index >= 15 is 0 Å². The smallest absolute Gasteiger partial charge is 0.251 e. The van der Waals surface area contributed by atoms with Crippen LogP contribution >= 0.6 is 0 Å². The molecular weight excluding hydrogens is 218 g/mol. The maximum absolute atomic E-state index is 11.0. The molecule has 0 bridgehead atoms. The van der Waals surface area contributed by atoms with Crippen molar-refractivity contribution in [3.8, 4) is 0 Å². The van der Waals surface area contributed by atoms with Gasteiger partial charge in [0.1, 0.15) is 12.0 Å². The highest BCUT2D eigenvalue weighted by Crippen LogP contribution is 2.22. The molecule has 2 rings (SSSR count). The van der Waals surface area contributed by atoms with E-state index in [1.165, 1.54) is 6.20 Å². The highest BCUT2D eigenvalue weighted by Gasteiger charge is 2.26. The summed E-state index contributed by atoms with van der Waals surface area (Å²) < 4.78 is 1.69. The van der Waals surface area contributed by atoms with Gasteiger partial charge in [-0.05, 0) is 0 Å². The third kappa shape index (κ3) is 1.93. The van der Waals surface area contributed by atoms with Gasteiger partial charge in [-0.3, -0.25) is 9.79 Å². The number of carbonyl (C=O) groups excluding carboxylic acids is 1. The van der Waals surface area contributed by atoms with Gasteiger partial charge < -0.3 is 10.6 Å². The molecule has 6 nitrogen and oxygen atoms in total. The Kier molecular flexibility index (Phi) is 2.95.